The Labute approximate surface area is 139 Å². The van der Waals surface area contributed by atoms with Crippen LogP contribution in [0, 0.1) is 13.8 Å². The maximum absolute atomic E-state index is 6.11. The number of nitrogens with zero attached hydrogens (tertiary/aromatic N) is 5. The van der Waals surface area contributed by atoms with Crippen molar-refractivity contribution in [2.45, 2.75) is 13.8 Å². The Bertz CT molecular complexity index is 1020. The summed E-state index contributed by atoms with van der Waals surface area (Å²) in [7, 11) is 0. The number of aryl methyl sites for hydroxylation is 2. The summed E-state index contributed by atoms with van der Waals surface area (Å²) in [4.78, 5) is 9.08. The van der Waals surface area contributed by atoms with Crippen LogP contribution in [0.5, 0.6) is 0 Å². The van der Waals surface area contributed by atoms with E-state index in [1.807, 2.05) is 56.3 Å². The summed E-state index contributed by atoms with van der Waals surface area (Å²) in [5, 5.41) is 8.28. The van der Waals surface area contributed by atoms with Crippen LogP contribution in [-0.4, -0.2) is 24.6 Å². The number of rotatable bonds is 2. The predicted molar refractivity (Wildman–Crippen MR) is 93.3 cm³/mol. The summed E-state index contributed by atoms with van der Waals surface area (Å²) in [6.07, 6.45) is 1.58. The topological polar surface area (TPSA) is 82.0 Å². The van der Waals surface area contributed by atoms with Crippen LogP contribution in [-0.2, 0) is 0 Å². The molecule has 118 valence electrons. The van der Waals surface area contributed by atoms with Crippen molar-refractivity contribution in [1.82, 2.24) is 24.6 Å². The highest BCUT2D eigenvalue weighted by molar-refractivity contribution is 5.90. The summed E-state index contributed by atoms with van der Waals surface area (Å²) >= 11 is 0. The Hall–Kier alpha value is -3.28. The Balaban J connectivity index is 2.12. The zero-order valence-corrected chi connectivity index (χ0v) is 13.4. The number of benzene rings is 1. The molecule has 3 heterocycles. The van der Waals surface area contributed by atoms with E-state index < -0.39 is 0 Å². The van der Waals surface area contributed by atoms with E-state index in [4.69, 9.17) is 5.73 Å². The Kier molecular flexibility index (Phi) is 3.23. The molecule has 0 radical (unpaired) electrons. The number of hydrogen-bond acceptors (Lipinski definition) is 5. The van der Waals surface area contributed by atoms with E-state index in [0.29, 0.717) is 11.6 Å². The molecule has 0 aliphatic rings. The van der Waals surface area contributed by atoms with Crippen LogP contribution in [0.2, 0.25) is 0 Å². The largest absolute Gasteiger partial charge is 0.369 e. The van der Waals surface area contributed by atoms with Crippen molar-refractivity contribution >= 4 is 11.6 Å². The minimum atomic E-state index is 0.361. The van der Waals surface area contributed by atoms with Crippen LogP contribution in [0.15, 0.2) is 48.8 Å². The SMILES string of the molecule is Cc1cc(-c2c(-c3ccccc3)nc(N)n3cnnc23)cc(C)n1. The molecule has 24 heavy (non-hydrogen) atoms. The summed E-state index contributed by atoms with van der Waals surface area (Å²) in [6.45, 7) is 3.95. The fraction of sp³-hybridized carbons (Fsp3) is 0.111. The number of pyridine rings is 1. The highest BCUT2D eigenvalue weighted by atomic mass is 15.3. The molecule has 0 aliphatic heterocycles. The number of anilines is 1. The van der Waals surface area contributed by atoms with Gasteiger partial charge in [0.2, 0.25) is 5.95 Å². The normalized spacial score (nSPS) is 11.1. The van der Waals surface area contributed by atoms with Gasteiger partial charge in [-0.15, -0.1) is 10.2 Å². The number of aromatic nitrogens is 5. The monoisotopic (exact) mass is 316 g/mol. The molecule has 0 bridgehead atoms. The lowest BCUT2D eigenvalue weighted by Crippen LogP contribution is -2.04. The summed E-state index contributed by atoms with van der Waals surface area (Å²) in [5.74, 6) is 0.361. The van der Waals surface area contributed by atoms with E-state index in [1.165, 1.54) is 0 Å². The second-order valence-corrected chi connectivity index (χ2v) is 5.72. The lowest BCUT2D eigenvalue weighted by Gasteiger charge is -2.13. The second kappa shape index (κ2) is 5.42. The van der Waals surface area contributed by atoms with Crippen LogP contribution in [0.4, 0.5) is 5.95 Å². The smallest absolute Gasteiger partial charge is 0.207 e. The minimum Gasteiger partial charge on any atom is -0.369 e. The molecule has 0 atom stereocenters. The quantitative estimate of drug-likeness (QED) is 0.614. The van der Waals surface area contributed by atoms with Crippen molar-refractivity contribution in [2.24, 2.45) is 0 Å². The molecule has 0 unspecified atom stereocenters. The van der Waals surface area contributed by atoms with E-state index in [2.05, 4.69) is 20.2 Å². The summed E-state index contributed by atoms with van der Waals surface area (Å²) < 4.78 is 1.70. The lowest BCUT2D eigenvalue weighted by molar-refractivity contribution is 1.08. The maximum Gasteiger partial charge on any atom is 0.207 e. The molecular weight excluding hydrogens is 300 g/mol. The molecule has 6 heteroatoms. The van der Waals surface area contributed by atoms with Gasteiger partial charge in [0.15, 0.2) is 5.65 Å². The van der Waals surface area contributed by atoms with Gasteiger partial charge in [-0.1, -0.05) is 30.3 Å². The minimum absolute atomic E-state index is 0.361. The first-order valence-electron chi connectivity index (χ1n) is 7.64. The maximum atomic E-state index is 6.11. The summed E-state index contributed by atoms with van der Waals surface area (Å²) in [5.41, 5.74) is 12.4. The number of fused-ring (bicyclic) bond motifs is 1. The zero-order valence-electron chi connectivity index (χ0n) is 13.4. The molecule has 0 fully saturated rings. The average molecular weight is 316 g/mol. The fourth-order valence-corrected chi connectivity index (χ4v) is 2.95. The van der Waals surface area contributed by atoms with Crippen LogP contribution in [0.1, 0.15) is 11.4 Å². The van der Waals surface area contributed by atoms with Gasteiger partial charge in [-0.05, 0) is 31.5 Å². The highest BCUT2D eigenvalue weighted by Gasteiger charge is 2.18. The van der Waals surface area contributed by atoms with E-state index in [1.54, 1.807) is 10.7 Å². The first-order chi connectivity index (χ1) is 11.6. The van der Waals surface area contributed by atoms with E-state index >= 15 is 0 Å². The first-order valence-corrected chi connectivity index (χ1v) is 7.64. The lowest BCUT2D eigenvalue weighted by atomic mass is 9.99. The van der Waals surface area contributed by atoms with E-state index in [9.17, 15) is 0 Å². The van der Waals surface area contributed by atoms with Crippen molar-refractivity contribution in [1.29, 1.82) is 0 Å². The standard InChI is InChI=1S/C18H16N6/c1-11-8-14(9-12(2)21-11)15-16(13-6-4-3-5-7-13)22-18(19)24-10-20-23-17(15)24/h3-10H,1-2H3,(H2,19,22). The van der Waals surface area contributed by atoms with Gasteiger partial charge in [-0.3, -0.25) is 9.38 Å². The van der Waals surface area contributed by atoms with Crippen molar-refractivity contribution < 1.29 is 0 Å². The van der Waals surface area contributed by atoms with Crippen molar-refractivity contribution in [2.75, 3.05) is 5.73 Å². The summed E-state index contributed by atoms with van der Waals surface area (Å²) in [6, 6.07) is 14.0. The molecule has 0 saturated carbocycles. The highest BCUT2D eigenvalue weighted by Crippen LogP contribution is 2.34. The molecule has 2 N–H and O–H groups in total. The zero-order chi connectivity index (χ0) is 16.7. The molecule has 0 spiro atoms. The molecular formula is C18H16N6. The van der Waals surface area contributed by atoms with Crippen molar-refractivity contribution in [3.63, 3.8) is 0 Å². The Morgan fingerprint density at radius 3 is 2.33 bits per heavy atom. The Morgan fingerprint density at radius 2 is 1.62 bits per heavy atom. The predicted octanol–water partition coefficient (Wildman–Crippen LogP) is 3.05. The number of nitrogen functional groups attached to an aromatic ring is 1. The van der Waals surface area contributed by atoms with Gasteiger partial charge in [0.05, 0.1) is 11.3 Å². The van der Waals surface area contributed by atoms with Crippen LogP contribution in [0.25, 0.3) is 28.0 Å². The third kappa shape index (κ3) is 2.28. The van der Waals surface area contributed by atoms with Crippen molar-refractivity contribution in [3.8, 4) is 22.4 Å². The van der Waals surface area contributed by atoms with Crippen LogP contribution < -0.4 is 5.73 Å². The van der Waals surface area contributed by atoms with Gasteiger partial charge in [0.1, 0.15) is 6.33 Å². The molecule has 4 rings (SSSR count). The van der Waals surface area contributed by atoms with Gasteiger partial charge in [-0.25, -0.2) is 4.98 Å². The molecule has 0 saturated heterocycles. The fourth-order valence-electron chi connectivity index (χ4n) is 2.95. The molecule has 0 aliphatic carbocycles. The van der Waals surface area contributed by atoms with Gasteiger partial charge in [0, 0.05) is 17.0 Å². The number of nitrogens with two attached hydrogens (primary N) is 1. The van der Waals surface area contributed by atoms with Gasteiger partial charge in [0.25, 0.3) is 0 Å². The van der Waals surface area contributed by atoms with Gasteiger partial charge >= 0.3 is 0 Å². The van der Waals surface area contributed by atoms with Gasteiger partial charge in [-0.2, -0.15) is 0 Å². The molecule has 6 nitrogen and oxygen atoms in total. The number of hydrogen-bond donors (Lipinski definition) is 1. The van der Waals surface area contributed by atoms with Crippen LogP contribution >= 0.6 is 0 Å². The van der Waals surface area contributed by atoms with E-state index in [0.717, 1.165) is 33.8 Å². The molecule has 3 aromatic heterocycles. The third-order valence-corrected chi connectivity index (χ3v) is 3.90. The molecule has 0 amide bonds. The Morgan fingerprint density at radius 1 is 0.917 bits per heavy atom. The third-order valence-electron chi connectivity index (χ3n) is 3.90. The van der Waals surface area contributed by atoms with Crippen LogP contribution in [0.3, 0.4) is 0 Å². The molecule has 4 aromatic rings. The first kappa shape index (κ1) is 14.3. The second-order valence-electron chi connectivity index (χ2n) is 5.72. The van der Waals surface area contributed by atoms with E-state index in [-0.39, 0.29) is 0 Å². The van der Waals surface area contributed by atoms with Gasteiger partial charge < -0.3 is 5.73 Å². The van der Waals surface area contributed by atoms with Crippen molar-refractivity contribution in [3.05, 3.63) is 60.2 Å². The molecule has 1 aromatic carbocycles. The average Bonchev–Trinajstić information content (AvgIpc) is 3.04.